The fraction of sp³-hybridized carbons (Fsp3) is 0.167. The number of nitrogens with zero attached hydrogens (tertiary/aromatic N) is 2. The largest absolute Gasteiger partial charge is 0.506 e. The zero-order chi connectivity index (χ0) is 14.4. The van der Waals surface area contributed by atoms with Crippen LogP contribution in [0.15, 0.2) is 23.9 Å². The number of pyridine rings is 1. The van der Waals surface area contributed by atoms with Crippen LogP contribution in [0.4, 0.5) is 5.82 Å². The second kappa shape index (κ2) is 6.16. The summed E-state index contributed by atoms with van der Waals surface area (Å²) < 4.78 is 4.38. The Morgan fingerprint density at radius 1 is 1.53 bits per heavy atom. The molecule has 0 unspecified atom stereocenters. The molecule has 7 nitrogen and oxygen atoms in total. The molecule has 0 spiro atoms. The van der Waals surface area contributed by atoms with Crippen molar-refractivity contribution < 1.29 is 19.4 Å². The minimum Gasteiger partial charge on any atom is -0.506 e. The van der Waals surface area contributed by atoms with Gasteiger partial charge >= 0.3 is 5.97 Å². The number of aliphatic hydroxyl groups excluding tert-OH is 1. The minimum absolute atomic E-state index is 0.0455. The lowest BCUT2D eigenvalue weighted by Gasteiger charge is -2.08. The van der Waals surface area contributed by atoms with Crippen molar-refractivity contribution in [1.29, 1.82) is 5.26 Å². The van der Waals surface area contributed by atoms with Gasteiger partial charge in [0, 0.05) is 13.1 Å². The number of carbonyl (C=O) groups is 2. The number of hydrogen-bond acceptors (Lipinski definition) is 6. The van der Waals surface area contributed by atoms with E-state index in [4.69, 9.17) is 5.26 Å². The molecule has 19 heavy (non-hydrogen) atoms. The van der Waals surface area contributed by atoms with Crippen molar-refractivity contribution in [2.45, 2.75) is 6.92 Å². The van der Waals surface area contributed by atoms with E-state index in [9.17, 15) is 14.7 Å². The van der Waals surface area contributed by atoms with Crippen LogP contribution >= 0.6 is 0 Å². The molecule has 7 heteroatoms. The molecule has 1 aromatic heterocycles. The highest BCUT2D eigenvalue weighted by molar-refractivity contribution is 6.01. The predicted molar refractivity (Wildman–Crippen MR) is 65.7 cm³/mol. The van der Waals surface area contributed by atoms with Crippen molar-refractivity contribution in [3.63, 3.8) is 0 Å². The van der Waals surface area contributed by atoms with E-state index in [0.29, 0.717) is 0 Å². The summed E-state index contributed by atoms with van der Waals surface area (Å²) in [5.74, 6) is -1.93. The Morgan fingerprint density at radius 3 is 2.74 bits per heavy atom. The Labute approximate surface area is 109 Å². The fourth-order valence-corrected chi connectivity index (χ4v) is 1.29. The average Bonchev–Trinajstić information content (AvgIpc) is 2.39. The van der Waals surface area contributed by atoms with Crippen LogP contribution in [0.5, 0.6) is 0 Å². The predicted octanol–water partition coefficient (Wildman–Crippen LogP) is 1.01. The highest BCUT2D eigenvalue weighted by atomic mass is 16.5. The molecule has 1 amide bonds. The molecule has 0 aliphatic heterocycles. The first-order valence-corrected chi connectivity index (χ1v) is 5.15. The fourth-order valence-electron chi connectivity index (χ4n) is 1.29. The standard InChI is InChI=1S/C12H11N3O4/c1-7(16)15-11-8(4-3-5-14-11)10(17)9(6-13)12(18)19-2/h3-5,17H,1-2H3,(H,14,15,16)/b10-9+. The van der Waals surface area contributed by atoms with Gasteiger partial charge in [-0.1, -0.05) is 0 Å². The Hall–Kier alpha value is -2.88. The number of nitriles is 1. The summed E-state index contributed by atoms with van der Waals surface area (Å²) in [7, 11) is 1.09. The topological polar surface area (TPSA) is 112 Å². The van der Waals surface area contributed by atoms with Gasteiger partial charge in [0.15, 0.2) is 11.3 Å². The zero-order valence-corrected chi connectivity index (χ0v) is 10.3. The van der Waals surface area contributed by atoms with Gasteiger partial charge < -0.3 is 15.2 Å². The van der Waals surface area contributed by atoms with Gasteiger partial charge in [-0.15, -0.1) is 0 Å². The first-order valence-electron chi connectivity index (χ1n) is 5.15. The molecule has 1 rings (SSSR count). The second-order valence-electron chi connectivity index (χ2n) is 3.41. The molecule has 0 aromatic carbocycles. The summed E-state index contributed by atoms with van der Waals surface area (Å²) in [6.45, 7) is 1.27. The first-order chi connectivity index (χ1) is 9.01. The van der Waals surface area contributed by atoms with Crippen LogP contribution in [0.25, 0.3) is 5.76 Å². The Balaban J connectivity index is 3.36. The number of anilines is 1. The van der Waals surface area contributed by atoms with E-state index in [1.54, 1.807) is 6.07 Å². The molecule has 98 valence electrons. The Kier molecular flexibility index (Phi) is 4.60. The monoisotopic (exact) mass is 261 g/mol. The van der Waals surface area contributed by atoms with E-state index in [-0.39, 0.29) is 11.4 Å². The molecule has 0 saturated carbocycles. The quantitative estimate of drug-likeness (QED) is 0.363. The number of esters is 1. The third kappa shape index (κ3) is 3.29. The number of amides is 1. The highest BCUT2D eigenvalue weighted by Gasteiger charge is 2.19. The van der Waals surface area contributed by atoms with E-state index in [2.05, 4.69) is 15.0 Å². The normalized spacial score (nSPS) is 11.0. The summed E-state index contributed by atoms with van der Waals surface area (Å²) >= 11 is 0. The van der Waals surface area contributed by atoms with Crippen molar-refractivity contribution in [3.8, 4) is 6.07 Å². The maximum Gasteiger partial charge on any atom is 0.352 e. The van der Waals surface area contributed by atoms with E-state index in [1.165, 1.54) is 25.3 Å². The van der Waals surface area contributed by atoms with Gasteiger partial charge in [0.05, 0.1) is 12.7 Å². The van der Waals surface area contributed by atoms with Crippen molar-refractivity contribution in [2.75, 3.05) is 12.4 Å². The molecule has 1 aromatic rings. The lowest BCUT2D eigenvalue weighted by Crippen LogP contribution is -2.11. The van der Waals surface area contributed by atoms with Crippen molar-refractivity contribution in [2.24, 2.45) is 0 Å². The van der Waals surface area contributed by atoms with Crippen molar-refractivity contribution >= 4 is 23.5 Å². The molecule has 0 aliphatic carbocycles. The first kappa shape index (κ1) is 14.2. The third-order valence-electron chi connectivity index (χ3n) is 2.10. The van der Waals surface area contributed by atoms with Gasteiger partial charge in [0.25, 0.3) is 0 Å². The summed E-state index contributed by atoms with van der Waals surface area (Å²) in [5, 5.41) is 21.2. The van der Waals surface area contributed by atoms with Crippen LogP contribution in [-0.4, -0.2) is 29.1 Å². The average molecular weight is 261 g/mol. The van der Waals surface area contributed by atoms with Gasteiger partial charge in [-0.25, -0.2) is 9.78 Å². The van der Waals surface area contributed by atoms with Crippen LogP contribution in [-0.2, 0) is 14.3 Å². The summed E-state index contributed by atoms with van der Waals surface area (Å²) in [5.41, 5.74) is -0.512. The summed E-state index contributed by atoms with van der Waals surface area (Å²) in [6.07, 6.45) is 1.40. The van der Waals surface area contributed by atoms with Crippen LogP contribution in [0.2, 0.25) is 0 Å². The molecule has 0 fully saturated rings. The lowest BCUT2D eigenvalue weighted by molar-refractivity contribution is -0.135. The van der Waals surface area contributed by atoms with Gasteiger partial charge in [-0.3, -0.25) is 4.79 Å². The van der Waals surface area contributed by atoms with Crippen molar-refractivity contribution in [3.05, 3.63) is 29.5 Å². The number of methoxy groups -OCH3 is 1. The van der Waals surface area contributed by atoms with Crippen molar-refractivity contribution in [1.82, 2.24) is 4.98 Å². The molecule has 0 saturated heterocycles. The minimum atomic E-state index is -0.974. The summed E-state index contributed by atoms with van der Waals surface area (Å²) in [6, 6.07) is 4.45. The number of aliphatic hydroxyl groups is 1. The van der Waals surface area contributed by atoms with Crippen LogP contribution in [0.3, 0.4) is 0 Å². The van der Waals surface area contributed by atoms with Gasteiger partial charge in [-0.2, -0.15) is 5.26 Å². The smallest absolute Gasteiger partial charge is 0.352 e. The van der Waals surface area contributed by atoms with Crippen LogP contribution in [0, 0.1) is 11.3 Å². The molecule has 0 atom stereocenters. The van der Waals surface area contributed by atoms with E-state index < -0.39 is 23.2 Å². The van der Waals surface area contributed by atoms with Crippen LogP contribution in [0.1, 0.15) is 12.5 Å². The molecule has 2 N–H and O–H groups in total. The molecule has 1 heterocycles. The Morgan fingerprint density at radius 2 is 2.21 bits per heavy atom. The Bertz CT molecular complexity index is 587. The molecule has 0 bridgehead atoms. The van der Waals surface area contributed by atoms with Gasteiger partial charge in [-0.05, 0) is 12.1 Å². The van der Waals surface area contributed by atoms with Crippen LogP contribution < -0.4 is 5.32 Å². The number of hydrogen-bond donors (Lipinski definition) is 2. The van der Waals surface area contributed by atoms with Gasteiger partial charge in [0.1, 0.15) is 11.9 Å². The molecule has 0 aliphatic rings. The maximum absolute atomic E-state index is 11.3. The number of aromatic nitrogens is 1. The molecular formula is C12H11N3O4. The zero-order valence-electron chi connectivity index (χ0n) is 10.3. The SMILES string of the molecule is COC(=O)/C(C#N)=C(/O)c1cccnc1NC(C)=O. The highest BCUT2D eigenvalue weighted by Crippen LogP contribution is 2.22. The third-order valence-corrected chi connectivity index (χ3v) is 2.10. The number of ether oxygens (including phenoxy) is 1. The number of carbonyl (C=O) groups excluding carboxylic acids is 2. The lowest BCUT2D eigenvalue weighted by atomic mass is 10.1. The second-order valence-corrected chi connectivity index (χ2v) is 3.41. The van der Waals surface area contributed by atoms with E-state index >= 15 is 0 Å². The maximum atomic E-state index is 11.3. The molecular weight excluding hydrogens is 250 g/mol. The summed E-state index contributed by atoms with van der Waals surface area (Å²) in [4.78, 5) is 26.2. The van der Waals surface area contributed by atoms with Gasteiger partial charge in [0.2, 0.25) is 5.91 Å². The number of rotatable bonds is 3. The molecule has 0 radical (unpaired) electrons. The van der Waals surface area contributed by atoms with E-state index in [0.717, 1.165) is 7.11 Å². The number of nitrogens with one attached hydrogen (secondary N) is 1. The van der Waals surface area contributed by atoms with E-state index in [1.807, 2.05) is 0 Å².